The van der Waals surface area contributed by atoms with E-state index in [1.165, 1.54) is 19.3 Å². The Hall–Kier alpha value is -2.73. The summed E-state index contributed by atoms with van der Waals surface area (Å²) in [5, 5.41) is 2.99. The van der Waals surface area contributed by atoms with E-state index in [9.17, 15) is 4.79 Å². The Kier molecular flexibility index (Phi) is 7.76. The SMILES string of the molecule is C=CCc1ccc(OCC(=O)NCC(c2ccco2)N2CCCCC2)c(OC)c1. The van der Waals surface area contributed by atoms with Gasteiger partial charge in [0.1, 0.15) is 5.76 Å². The number of hydrogen-bond donors (Lipinski definition) is 1. The number of allylic oxidation sites excluding steroid dienone is 1. The fraction of sp³-hybridized carbons (Fsp3) is 0.435. The number of amides is 1. The number of hydrogen-bond acceptors (Lipinski definition) is 5. The van der Waals surface area contributed by atoms with Gasteiger partial charge in [0, 0.05) is 6.54 Å². The molecule has 2 aromatic rings. The molecular weight excluding hydrogens is 368 g/mol. The van der Waals surface area contributed by atoms with Gasteiger partial charge in [0.15, 0.2) is 18.1 Å². The van der Waals surface area contributed by atoms with Gasteiger partial charge in [-0.2, -0.15) is 0 Å². The summed E-state index contributed by atoms with van der Waals surface area (Å²) in [4.78, 5) is 14.8. The van der Waals surface area contributed by atoms with E-state index in [2.05, 4.69) is 16.8 Å². The zero-order chi connectivity index (χ0) is 20.5. The highest BCUT2D eigenvalue weighted by Gasteiger charge is 2.25. The molecule has 1 amide bonds. The number of rotatable bonds is 10. The minimum absolute atomic E-state index is 0.0435. The number of carbonyl (C=O) groups is 1. The van der Waals surface area contributed by atoms with Gasteiger partial charge in [-0.3, -0.25) is 9.69 Å². The summed E-state index contributed by atoms with van der Waals surface area (Å²) in [7, 11) is 1.59. The lowest BCUT2D eigenvalue weighted by atomic mass is 10.1. The molecule has 156 valence electrons. The molecule has 0 saturated carbocycles. The van der Waals surface area contributed by atoms with Gasteiger partial charge in [0.25, 0.3) is 5.91 Å². The normalized spacial score (nSPS) is 15.5. The summed E-state index contributed by atoms with van der Waals surface area (Å²) in [6.45, 7) is 6.21. The first-order chi connectivity index (χ1) is 14.2. The number of likely N-dealkylation sites (tertiary alicyclic amines) is 1. The van der Waals surface area contributed by atoms with Crippen molar-refractivity contribution in [2.45, 2.75) is 31.7 Å². The molecule has 1 aliphatic heterocycles. The minimum atomic E-state index is -0.171. The molecule has 6 nitrogen and oxygen atoms in total. The Morgan fingerprint density at radius 2 is 2.10 bits per heavy atom. The van der Waals surface area contributed by atoms with Gasteiger partial charge in [0.2, 0.25) is 0 Å². The summed E-state index contributed by atoms with van der Waals surface area (Å²) in [5.41, 5.74) is 1.08. The Balaban J connectivity index is 1.55. The fourth-order valence-corrected chi connectivity index (χ4v) is 3.65. The lowest BCUT2D eigenvalue weighted by Gasteiger charge is -2.33. The molecule has 1 unspecified atom stereocenters. The minimum Gasteiger partial charge on any atom is -0.493 e. The van der Waals surface area contributed by atoms with Crippen molar-refractivity contribution in [3.05, 3.63) is 60.6 Å². The monoisotopic (exact) mass is 398 g/mol. The van der Waals surface area contributed by atoms with Crippen LogP contribution in [0.1, 0.15) is 36.6 Å². The van der Waals surface area contributed by atoms with E-state index in [-0.39, 0.29) is 18.6 Å². The van der Waals surface area contributed by atoms with Gasteiger partial charge in [-0.15, -0.1) is 6.58 Å². The summed E-state index contributed by atoms with van der Waals surface area (Å²) in [6.07, 6.45) is 7.88. The summed E-state index contributed by atoms with van der Waals surface area (Å²) >= 11 is 0. The molecule has 0 radical (unpaired) electrons. The van der Waals surface area contributed by atoms with Gasteiger partial charge in [-0.05, 0) is 62.2 Å². The summed E-state index contributed by atoms with van der Waals surface area (Å²) < 4.78 is 16.7. The van der Waals surface area contributed by atoms with Crippen molar-refractivity contribution >= 4 is 5.91 Å². The lowest BCUT2D eigenvalue weighted by Crippen LogP contribution is -2.41. The number of carbonyl (C=O) groups excluding carboxylic acids is 1. The molecule has 6 heteroatoms. The van der Waals surface area contributed by atoms with Crippen LogP contribution in [0.2, 0.25) is 0 Å². The number of piperidine rings is 1. The highest BCUT2D eigenvalue weighted by atomic mass is 16.5. The maximum absolute atomic E-state index is 12.4. The van der Waals surface area contributed by atoms with E-state index in [1.807, 2.05) is 36.4 Å². The third kappa shape index (κ3) is 5.87. The topological polar surface area (TPSA) is 63.9 Å². The second-order valence-electron chi connectivity index (χ2n) is 7.20. The van der Waals surface area contributed by atoms with Crippen LogP contribution in [0, 0.1) is 0 Å². The van der Waals surface area contributed by atoms with E-state index in [0.29, 0.717) is 18.0 Å². The molecule has 3 rings (SSSR count). The predicted octanol–water partition coefficient (Wildman–Crippen LogP) is 3.74. The molecule has 0 bridgehead atoms. The van der Waals surface area contributed by atoms with Crippen molar-refractivity contribution in [3.8, 4) is 11.5 Å². The van der Waals surface area contributed by atoms with Crippen molar-refractivity contribution in [2.75, 3.05) is 33.4 Å². The number of methoxy groups -OCH3 is 1. The maximum Gasteiger partial charge on any atom is 0.258 e. The van der Waals surface area contributed by atoms with Crippen LogP contribution in [0.25, 0.3) is 0 Å². The van der Waals surface area contributed by atoms with E-state index in [0.717, 1.165) is 30.8 Å². The Morgan fingerprint density at radius 3 is 2.79 bits per heavy atom. The average Bonchev–Trinajstić information content (AvgIpc) is 3.28. The molecule has 0 aliphatic carbocycles. The third-order valence-electron chi connectivity index (χ3n) is 5.16. The molecule has 1 fully saturated rings. The number of benzene rings is 1. The third-order valence-corrected chi connectivity index (χ3v) is 5.16. The molecule has 0 spiro atoms. The van der Waals surface area contributed by atoms with Crippen molar-refractivity contribution in [1.29, 1.82) is 0 Å². The molecule has 1 aromatic heterocycles. The first kappa shape index (κ1) is 21.0. The molecule has 1 atom stereocenters. The standard InChI is InChI=1S/C23H30N2O4/c1-3-8-18-10-11-21(22(15-18)27-2)29-17-23(26)24-16-19(20-9-7-14-28-20)25-12-5-4-6-13-25/h3,7,9-11,14-15,19H,1,4-6,8,12-13,16-17H2,2H3,(H,24,26). The molecule has 1 N–H and O–H groups in total. The highest BCUT2D eigenvalue weighted by Crippen LogP contribution is 2.28. The number of nitrogens with zero attached hydrogens (tertiary/aromatic N) is 1. The molecule has 2 heterocycles. The summed E-state index contributed by atoms with van der Waals surface area (Å²) in [5.74, 6) is 1.87. The summed E-state index contributed by atoms with van der Waals surface area (Å²) in [6, 6.07) is 9.57. The van der Waals surface area contributed by atoms with Crippen molar-refractivity contribution in [3.63, 3.8) is 0 Å². The molecule has 1 aliphatic rings. The van der Waals surface area contributed by atoms with Gasteiger partial charge < -0.3 is 19.2 Å². The predicted molar refractivity (Wildman–Crippen MR) is 112 cm³/mol. The van der Waals surface area contributed by atoms with Crippen LogP contribution in [0.3, 0.4) is 0 Å². The molecular formula is C23H30N2O4. The van der Waals surface area contributed by atoms with Crippen molar-refractivity contribution in [1.82, 2.24) is 10.2 Å². The van der Waals surface area contributed by atoms with Crippen LogP contribution in [0.4, 0.5) is 0 Å². The molecule has 1 saturated heterocycles. The average molecular weight is 399 g/mol. The second-order valence-corrected chi connectivity index (χ2v) is 7.20. The number of furan rings is 1. The maximum atomic E-state index is 12.4. The van der Waals surface area contributed by atoms with Crippen LogP contribution < -0.4 is 14.8 Å². The molecule has 1 aromatic carbocycles. The van der Waals surface area contributed by atoms with Crippen LogP contribution in [0.5, 0.6) is 11.5 Å². The van der Waals surface area contributed by atoms with E-state index < -0.39 is 0 Å². The smallest absolute Gasteiger partial charge is 0.258 e. The van der Waals surface area contributed by atoms with Crippen LogP contribution in [-0.4, -0.2) is 44.2 Å². The quantitative estimate of drug-likeness (QED) is 0.618. The zero-order valence-corrected chi connectivity index (χ0v) is 17.1. The highest BCUT2D eigenvalue weighted by molar-refractivity contribution is 5.77. The lowest BCUT2D eigenvalue weighted by molar-refractivity contribution is -0.123. The Labute approximate surface area is 172 Å². The Bertz CT molecular complexity index is 782. The Morgan fingerprint density at radius 1 is 1.28 bits per heavy atom. The fourth-order valence-electron chi connectivity index (χ4n) is 3.65. The van der Waals surface area contributed by atoms with Crippen LogP contribution in [-0.2, 0) is 11.2 Å². The zero-order valence-electron chi connectivity index (χ0n) is 17.1. The van der Waals surface area contributed by atoms with E-state index in [4.69, 9.17) is 13.9 Å². The largest absolute Gasteiger partial charge is 0.493 e. The molecule has 29 heavy (non-hydrogen) atoms. The van der Waals surface area contributed by atoms with Gasteiger partial charge >= 0.3 is 0 Å². The van der Waals surface area contributed by atoms with Crippen LogP contribution in [0.15, 0.2) is 53.7 Å². The van der Waals surface area contributed by atoms with Gasteiger partial charge in [0.05, 0.1) is 19.4 Å². The van der Waals surface area contributed by atoms with E-state index in [1.54, 1.807) is 13.4 Å². The first-order valence-electron chi connectivity index (χ1n) is 10.2. The van der Waals surface area contributed by atoms with Gasteiger partial charge in [-0.1, -0.05) is 18.6 Å². The van der Waals surface area contributed by atoms with Crippen molar-refractivity contribution in [2.24, 2.45) is 0 Å². The van der Waals surface area contributed by atoms with Crippen molar-refractivity contribution < 1.29 is 18.7 Å². The van der Waals surface area contributed by atoms with E-state index >= 15 is 0 Å². The van der Waals surface area contributed by atoms with Gasteiger partial charge in [-0.25, -0.2) is 0 Å². The number of ether oxygens (including phenoxy) is 2. The second kappa shape index (κ2) is 10.7. The van der Waals surface area contributed by atoms with Crippen LogP contribution >= 0.6 is 0 Å². The number of nitrogens with one attached hydrogen (secondary N) is 1. The first-order valence-corrected chi connectivity index (χ1v) is 10.2.